The van der Waals surface area contributed by atoms with Crippen molar-refractivity contribution >= 4 is 27.5 Å². The summed E-state index contributed by atoms with van der Waals surface area (Å²) in [5, 5.41) is 0. The second-order valence-corrected chi connectivity index (χ2v) is 4.65. The number of hydrogen-bond donors (Lipinski definition) is 1. The van der Waals surface area contributed by atoms with Crippen LogP contribution in [-0.2, 0) is 0 Å². The van der Waals surface area contributed by atoms with Crippen LogP contribution in [-0.4, -0.2) is 5.84 Å². The van der Waals surface area contributed by atoms with Crippen LogP contribution in [0.4, 0.5) is 5.69 Å². The van der Waals surface area contributed by atoms with Crippen molar-refractivity contribution in [2.24, 2.45) is 10.7 Å². The van der Waals surface area contributed by atoms with E-state index in [0.29, 0.717) is 5.84 Å². The smallest absolute Gasteiger partial charge is 0.131 e. The van der Waals surface area contributed by atoms with Crippen molar-refractivity contribution in [2.45, 2.75) is 6.92 Å². The number of benzene rings is 2. The summed E-state index contributed by atoms with van der Waals surface area (Å²) in [7, 11) is 0. The molecule has 2 rings (SSSR count). The van der Waals surface area contributed by atoms with Gasteiger partial charge in [0.25, 0.3) is 0 Å². The third-order valence-corrected chi connectivity index (χ3v) is 3.35. The Bertz CT molecular complexity index is 547. The summed E-state index contributed by atoms with van der Waals surface area (Å²) in [4.78, 5) is 4.40. The van der Waals surface area contributed by atoms with Gasteiger partial charge in [0.05, 0.1) is 5.69 Å². The number of nitrogens with two attached hydrogens (primary N) is 1. The van der Waals surface area contributed by atoms with Gasteiger partial charge in [-0.1, -0.05) is 46.3 Å². The molecule has 0 heterocycles. The van der Waals surface area contributed by atoms with Gasteiger partial charge >= 0.3 is 0 Å². The van der Waals surface area contributed by atoms with E-state index in [4.69, 9.17) is 5.73 Å². The molecule has 0 unspecified atom stereocenters. The van der Waals surface area contributed by atoms with Crippen LogP contribution in [0.15, 0.2) is 58.0 Å². The highest BCUT2D eigenvalue weighted by Gasteiger charge is 1.99. The van der Waals surface area contributed by atoms with Crippen molar-refractivity contribution in [3.05, 3.63) is 64.1 Å². The largest absolute Gasteiger partial charge is 0.383 e. The molecule has 2 aromatic rings. The Labute approximate surface area is 109 Å². The molecule has 0 spiro atoms. The van der Waals surface area contributed by atoms with E-state index in [1.807, 2.05) is 55.5 Å². The van der Waals surface area contributed by atoms with Gasteiger partial charge in [-0.2, -0.15) is 0 Å². The summed E-state index contributed by atoms with van der Waals surface area (Å²) in [5.41, 5.74) is 8.90. The maximum Gasteiger partial charge on any atom is 0.131 e. The second-order valence-electron chi connectivity index (χ2n) is 3.80. The first-order chi connectivity index (χ1) is 8.16. The topological polar surface area (TPSA) is 38.4 Å². The van der Waals surface area contributed by atoms with Crippen LogP contribution in [0, 0.1) is 6.92 Å². The number of rotatable bonds is 2. The molecule has 0 saturated heterocycles. The van der Waals surface area contributed by atoms with Gasteiger partial charge in [0.15, 0.2) is 0 Å². The molecule has 0 amide bonds. The molecule has 0 fully saturated rings. The Morgan fingerprint density at radius 3 is 2.47 bits per heavy atom. The number of aliphatic imine (C=N–C) groups is 1. The lowest BCUT2D eigenvalue weighted by atomic mass is 10.2. The Morgan fingerprint density at radius 2 is 1.82 bits per heavy atom. The van der Waals surface area contributed by atoms with E-state index < -0.39 is 0 Å². The van der Waals surface area contributed by atoms with Crippen molar-refractivity contribution in [2.75, 3.05) is 0 Å². The predicted molar refractivity (Wildman–Crippen MR) is 75.7 cm³/mol. The van der Waals surface area contributed by atoms with Crippen LogP contribution >= 0.6 is 15.9 Å². The standard InChI is InChI=1S/C14H13BrN2/c1-10-9-12(7-8-13(10)15)17-14(16)11-5-3-2-4-6-11/h2-9H,1H3,(H2,16,17). The summed E-state index contributed by atoms with van der Waals surface area (Å²) < 4.78 is 1.08. The maximum absolute atomic E-state index is 5.95. The van der Waals surface area contributed by atoms with Crippen LogP contribution < -0.4 is 5.73 Å². The molecule has 2 N–H and O–H groups in total. The zero-order valence-corrected chi connectivity index (χ0v) is 11.1. The van der Waals surface area contributed by atoms with Crippen molar-refractivity contribution in [3.8, 4) is 0 Å². The molecule has 0 aliphatic heterocycles. The average Bonchev–Trinajstić information content (AvgIpc) is 2.35. The number of amidine groups is 1. The Morgan fingerprint density at radius 1 is 1.12 bits per heavy atom. The highest BCUT2D eigenvalue weighted by Crippen LogP contribution is 2.22. The molecule has 0 aliphatic rings. The van der Waals surface area contributed by atoms with Crippen LogP contribution in [0.1, 0.15) is 11.1 Å². The quantitative estimate of drug-likeness (QED) is 0.663. The third kappa shape index (κ3) is 2.94. The van der Waals surface area contributed by atoms with E-state index in [1.165, 1.54) is 0 Å². The van der Waals surface area contributed by atoms with E-state index in [1.54, 1.807) is 0 Å². The molecule has 0 radical (unpaired) electrons. The first-order valence-electron chi connectivity index (χ1n) is 5.32. The van der Waals surface area contributed by atoms with Gasteiger partial charge in [-0.15, -0.1) is 0 Å². The van der Waals surface area contributed by atoms with Crippen molar-refractivity contribution < 1.29 is 0 Å². The predicted octanol–water partition coefficient (Wildman–Crippen LogP) is 3.79. The first-order valence-corrected chi connectivity index (χ1v) is 6.12. The molecule has 0 atom stereocenters. The minimum absolute atomic E-state index is 0.535. The van der Waals surface area contributed by atoms with Gasteiger partial charge < -0.3 is 5.73 Å². The summed E-state index contributed by atoms with van der Waals surface area (Å²) in [6.45, 7) is 2.03. The number of aryl methyl sites for hydroxylation is 1. The SMILES string of the molecule is Cc1cc(N=C(N)c2ccccc2)ccc1Br. The minimum atomic E-state index is 0.535. The number of nitrogens with zero attached hydrogens (tertiary/aromatic N) is 1. The average molecular weight is 289 g/mol. The van der Waals surface area contributed by atoms with E-state index in [2.05, 4.69) is 20.9 Å². The fourth-order valence-corrected chi connectivity index (χ4v) is 1.76. The molecule has 0 bridgehead atoms. The monoisotopic (exact) mass is 288 g/mol. The van der Waals surface area contributed by atoms with E-state index in [9.17, 15) is 0 Å². The fourth-order valence-electron chi connectivity index (χ4n) is 1.51. The van der Waals surface area contributed by atoms with E-state index in [0.717, 1.165) is 21.3 Å². The lowest BCUT2D eigenvalue weighted by Gasteiger charge is -2.02. The molecule has 2 aromatic carbocycles. The highest BCUT2D eigenvalue weighted by atomic mass is 79.9. The minimum Gasteiger partial charge on any atom is -0.383 e. The normalized spacial score (nSPS) is 11.5. The molecule has 0 aromatic heterocycles. The van der Waals surface area contributed by atoms with Gasteiger partial charge in [-0.25, -0.2) is 4.99 Å². The van der Waals surface area contributed by atoms with Gasteiger partial charge in [0.2, 0.25) is 0 Å². The lowest BCUT2D eigenvalue weighted by Crippen LogP contribution is -2.12. The van der Waals surface area contributed by atoms with Crippen molar-refractivity contribution in [1.82, 2.24) is 0 Å². The van der Waals surface area contributed by atoms with Gasteiger partial charge in [0, 0.05) is 10.0 Å². The molecule has 3 heteroatoms. The Hall–Kier alpha value is -1.61. The third-order valence-electron chi connectivity index (χ3n) is 2.46. The van der Waals surface area contributed by atoms with Crippen LogP contribution in [0.25, 0.3) is 0 Å². The lowest BCUT2D eigenvalue weighted by molar-refractivity contribution is 1.38. The Balaban J connectivity index is 2.33. The summed E-state index contributed by atoms with van der Waals surface area (Å²) in [6, 6.07) is 15.7. The summed E-state index contributed by atoms with van der Waals surface area (Å²) in [5.74, 6) is 0.535. The van der Waals surface area contributed by atoms with Crippen molar-refractivity contribution in [1.29, 1.82) is 0 Å². The highest BCUT2D eigenvalue weighted by molar-refractivity contribution is 9.10. The second kappa shape index (κ2) is 5.15. The summed E-state index contributed by atoms with van der Waals surface area (Å²) >= 11 is 3.46. The molecular weight excluding hydrogens is 276 g/mol. The van der Waals surface area contributed by atoms with Gasteiger partial charge in [-0.05, 0) is 30.7 Å². The molecule has 86 valence electrons. The van der Waals surface area contributed by atoms with Gasteiger partial charge in [0.1, 0.15) is 5.84 Å². The van der Waals surface area contributed by atoms with Gasteiger partial charge in [-0.3, -0.25) is 0 Å². The molecular formula is C14H13BrN2. The first kappa shape index (κ1) is 11.9. The molecule has 17 heavy (non-hydrogen) atoms. The van der Waals surface area contributed by atoms with Crippen molar-refractivity contribution in [3.63, 3.8) is 0 Å². The fraction of sp³-hybridized carbons (Fsp3) is 0.0714. The summed E-state index contributed by atoms with van der Waals surface area (Å²) in [6.07, 6.45) is 0. The van der Waals surface area contributed by atoms with E-state index in [-0.39, 0.29) is 0 Å². The van der Waals surface area contributed by atoms with Crippen LogP contribution in [0.3, 0.4) is 0 Å². The maximum atomic E-state index is 5.95. The molecule has 0 saturated carbocycles. The van der Waals surface area contributed by atoms with Crippen LogP contribution in [0.5, 0.6) is 0 Å². The number of halogens is 1. The van der Waals surface area contributed by atoms with Crippen LogP contribution in [0.2, 0.25) is 0 Å². The molecule has 2 nitrogen and oxygen atoms in total. The molecule has 0 aliphatic carbocycles. The zero-order valence-electron chi connectivity index (χ0n) is 9.52. The Kier molecular flexibility index (Phi) is 3.59. The van der Waals surface area contributed by atoms with E-state index >= 15 is 0 Å². The zero-order chi connectivity index (χ0) is 12.3. The number of hydrogen-bond acceptors (Lipinski definition) is 1.